The zero-order valence-corrected chi connectivity index (χ0v) is 16.6. The molecule has 152 valence electrons. The Morgan fingerprint density at radius 1 is 1.17 bits per heavy atom. The topological polar surface area (TPSA) is 63.9 Å². The van der Waals surface area contributed by atoms with Crippen LogP contribution in [0.25, 0.3) is 0 Å². The number of hydrogen-bond donors (Lipinski definition) is 1. The quantitative estimate of drug-likeness (QED) is 0.601. The molecular weight excluding hydrogens is 369 g/mol. The van der Waals surface area contributed by atoms with E-state index >= 15 is 0 Å². The largest absolute Gasteiger partial charge is 0.492 e. The molecule has 1 aliphatic rings. The summed E-state index contributed by atoms with van der Waals surface area (Å²) in [7, 11) is 1.73. The van der Waals surface area contributed by atoms with Crippen molar-refractivity contribution in [2.45, 2.75) is 6.54 Å². The van der Waals surface area contributed by atoms with Crippen LogP contribution in [-0.4, -0.2) is 62.1 Å². The third-order valence-corrected chi connectivity index (χ3v) is 4.92. The molecule has 0 radical (unpaired) electrons. The van der Waals surface area contributed by atoms with E-state index in [0.29, 0.717) is 24.3 Å². The molecule has 1 fully saturated rings. The molecule has 0 saturated carbocycles. The molecule has 0 atom stereocenters. The molecule has 0 unspecified atom stereocenters. The van der Waals surface area contributed by atoms with Gasteiger partial charge >= 0.3 is 0 Å². The number of nitriles is 1. The normalized spacial score (nSPS) is 15.1. The van der Waals surface area contributed by atoms with Crippen molar-refractivity contribution in [2.75, 3.05) is 46.4 Å². The molecule has 29 heavy (non-hydrogen) atoms. The van der Waals surface area contributed by atoms with Gasteiger partial charge < -0.3 is 15.0 Å². The smallest absolute Gasteiger partial charge is 0.194 e. The van der Waals surface area contributed by atoms with Gasteiger partial charge in [0.15, 0.2) is 5.96 Å². The van der Waals surface area contributed by atoms with E-state index < -0.39 is 0 Å². The van der Waals surface area contributed by atoms with Crippen LogP contribution in [0.4, 0.5) is 4.39 Å². The zero-order valence-electron chi connectivity index (χ0n) is 16.6. The fourth-order valence-corrected chi connectivity index (χ4v) is 3.26. The van der Waals surface area contributed by atoms with Gasteiger partial charge in [0.05, 0.1) is 11.6 Å². The maximum Gasteiger partial charge on any atom is 0.194 e. The molecular formula is C22H26FN5O. The van der Waals surface area contributed by atoms with Crippen LogP contribution >= 0.6 is 0 Å². The number of guanidine groups is 1. The van der Waals surface area contributed by atoms with Crippen LogP contribution in [0, 0.1) is 17.1 Å². The van der Waals surface area contributed by atoms with E-state index in [1.165, 1.54) is 6.07 Å². The molecule has 6 nitrogen and oxygen atoms in total. The number of piperazine rings is 1. The van der Waals surface area contributed by atoms with E-state index in [1.54, 1.807) is 19.2 Å². The number of nitrogens with zero attached hydrogens (tertiary/aromatic N) is 4. The molecule has 0 amide bonds. The molecule has 1 N–H and O–H groups in total. The third kappa shape index (κ3) is 5.93. The van der Waals surface area contributed by atoms with Gasteiger partial charge in [-0.1, -0.05) is 24.3 Å². The highest BCUT2D eigenvalue weighted by atomic mass is 19.1. The molecule has 7 heteroatoms. The minimum absolute atomic E-state index is 0.322. The average molecular weight is 395 g/mol. The van der Waals surface area contributed by atoms with E-state index in [9.17, 15) is 4.39 Å². The van der Waals surface area contributed by atoms with Crippen LogP contribution in [0.2, 0.25) is 0 Å². The monoisotopic (exact) mass is 395 g/mol. The molecule has 1 aliphatic heterocycles. The van der Waals surface area contributed by atoms with Crippen molar-refractivity contribution < 1.29 is 9.13 Å². The molecule has 2 aromatic carbocycles. The summed E-state index contributed by atoms with van der Waals surface area (Å²) in [5, 5.41) is 12.1. The van der Waals surface area contributed by atoms with Gasteiger partial charge in [0.25, 0.3) is 0 Å². The molecule has 2 aromatic rings. The van der Waals surface area contributed by atoms with Crippen molar-refractivity contribution in [2.24, 2.45) is 4.99 Å². The highest BCUT2D eigenvalue weighted by Gasteiger charge is 2.19. The first-order chi connectivity index (χ1) is 14.2. The van der Waals surface area contributed by atoms with Crippen molar-refractivity contribution in [3.8, 4) is 11.8 Å². The standard InChI is InChI=1S/C22H26FN5O/c1-25-22(26-17-19-8-7-18(16-24)15-21(19)23)28-11-9-27(10-12-28)13-14-29-20-5-3-2-4-6-20/h2-8,15H,9-14,17H2,1H3,(H,25,26). The van der Waals surface area contributed by atoms with Gasteiger partial charge in [-0.05, 0) is 24.3 Å². The maximum atomic E-state index is 14.1. The van der Waals surface area contributed by atoms with E-state index in [4.69, 9.17) is 10.00 Å². The first-order valence-corrected chi connectivity index (χ1v) is 9.74. The minimum atomic E-state index is -0.379. The summed E-state index contributed by atoms with van der Waals surface area (Å²) in [5.74, 6) is 1.27. The molecule has 0 aliphatic carbocycles. The van der Waals surface area contributed by atoms with Gasteiger partial charge in [0, 0.05) is 51.9 Å². The molecule has 3 rings (SSSR count). The van der Waals surface area contributed by atoms with Crippen LogP contribution in [0.3, 0.4) is 0 Å². The Morgan fingerprint density at radius 2 is 1.93 bits per heavy atom. The Morgan fingerprint density at radius 3 is 2.59 bits per heavy atom. The summed E-state index contributed by atoms with van der Waals surface area (Å²) >= 11 is 0. The molecule has 1 heterocycles. The maximum absolute atomic E-state index is 14.1. The van der Waals surface area contributed by atoms with E-state index in [-0.39, 0.29) is 5.82 Å². The number of halogens is 1. The van der Waals surface area contributed by atoms with Crippen molar-refractivity contribution in [3.05, 3.63) is 65.5 Å². The van der Waals surface area contributed by atoms with Gasteiger partial charge in [-0.3, -0.25) is 9.89 Å². The van der Waals surface area contributed by atoms with Gasteiger partial charge in [-0.15, -0.1) is 0 Å². The molecule has 0 aromatic heterocycles. The Balaban J connectivity index is 1.42. The summed E-state index contributed by atoms with van der Waals surface area (Å²) in [6.07, 6.45) is 0. The second-order valence-corrected chi connectivity index (χ2v) is 6.81. The molecule has 0 spiro atoms. The van der Waals surface area contributed by atoms with Crippen molar-refractivity contribution in [3.63, 3.8) is 0 Å². The second kappa shape index (κ2) is 10.4. The van der Waals surface area contributed by atoms with Crippen molar-refractivity contribution in [1.29, 1.82) is 5.26 Å². The summed E-state index contributed by atoms with van der Waals surface area (Å²) in [5.41, 5.74) is 0.838. The van der Waals surface area contributed by atoms with Crippen LogP contribution in [0.1, 0.15) is 11.1 Å². The Kier molecular flexibility index (Phi) is 7.42. The predicted molar refractivity (Wildman–Crippen MR) is 111 cm³/mol. The van der Waals surface area contributed by atoms with Gasteiger partial charge in [0.1, 0.15) is 18.2 Å². The highest BCUT2D eigenvalue weighted by Crippen LogP contribution is 2.11. The number of rotatable bonds is 6. The van der Waals surface area contributed by atoms with Gasteiger partial charge in [-0.25, -0.2) is 4.39 Å². The number of ether oxygens (including phenoxy) is 1. The van der Waals surface area contributed by atoms with E-state index in [0.717, 1.165) is 44.4 Å². The lowest BCUT2D eigenvalue weighted by atomic mass is 10.1. The summed E-state index contributed by atoms with van der Waals surface area (Å²) in [4.78, 5) is 8.88. The Hall–Kier alpha value is -3.11. The zero-order chi connectivity index (χ0) is 20.5. The fraction of sp³-hybridized carbons (Fsp3) is 0.364. The van der Waals surface area contributed by atoms with Gasteiger partial charge in [0.2, 0.25) is 0 Å². The lowest BCUT2D eigenvalue weighted by molar-refractivity contribution is 0.152. The minimum Gasteiger partial charge on any atom is -0.492 e. The van der Waals surface area contributed by atoms with Crippen LogP contribution < -0.4 is 10.1 Å². The summed E-state index contributed by atoms with van der Waals surface area (Å²) < 4.78 is 19.8. The summed E-state index contributed by atoms with van der Waals surface area (Å²) in [6.45, 7) is 5.41. The Labute approximate surface area is 171 Å². The SMILES string of the molecule is CN=C(NCc1ccc(C#N)cc1F)N1CCN(CCOc2ccccc2)CC1. The number of nitrogens with one attached hydrogen (secondary N) is 1. The molecule has 0 bridgehead atoms. The van der Waals surface area contributed by atoms with Crippen LogP contribution in [0.5, 0.6) is 5.75 Å². The first kappa shape index (κ1) is 20.6. The van der Waals surface area contributed by atoms with Crippen LogP contribution in [-0.2, 0) is 6.54 Å². The third-order valence-electron chi connectivity index (χ3n) is 4.92. The lowest BCUT2D eigenvalue weighted by Gasteiger charge is -2.36. The Bertz CT molecular complexity index is 857. The number of hydrogen-bond acceptors (Lipinski definition) is 4. The lowest BCUT2D eigenvalue weighted by Crippen LogP contribution is -2.52. The summed E-state index contributed by atoms with van der Waals surface area (Å²) in [6, 6.07) is 16.3. The highest BCUT2D eigenvalue weighted by molar-refractivity contribution is 5.80. The van der Waals surface area contributed by atoms with E-state index in [2.05, 4.69) is 20.1 Å². The predicted octanol–water partition coefficient (Wildman–Crippen LogP) is 2.47. The van der Waals surface area contributed by atoms with Crippen molar-refractivity contribution in [1.82, 2.24) is 15.1 Å². The van der Waals surface area contributed by atoms with E-state index in [1.807, 2.05) is 36.4 Å². The second-order valence-electron chi connectivity index (χ2n) is 6.81. The van der Waals surface area contributed by atoms with Gasteiger partial charge in [-0.2, -0.15) is 5.26 Å². The average Bonchev–Trinajstić information content (AvgIpc) is 2.76. The number of aliphatic imine (C=N–C) groups is 1. The first-order valence-electron chi connectivity index (χ1n) is 9.74. The van der Waals surface area contributed by atoms with Crippen LogP contribution in [0.15, 0.2) is 53.5 Å². The number of benzene rings is 2. The number of para-hydroxylation sites is 1. The fourth-order valence-electron chi connectivity index (χ4n) is 3.26. The molecule has 1 saturated heterocycles. The van der Waals surface area contributed by atoms with Crippen molar-refractivity contribution >= 4 is 5.96 Å².